The highest BCUT2D eigenvalue weighted by Crippen LogP contribution is 2.25. The second-order valence-corrected chi connectivity index (χ2v) is 6.27. The van der Waals surface area contributed by atoms with E-state index in [2.05, 4.69) is 4.98 Å². The summed E-state index contributed by atoms with van der Waals surface area (Å²) in [7, 11) is -2.36. The van der Waals surface area contributed by atoms with E-state index in [1.54, 1.807) is 0 Å². The third-order valence-electron chi connectivity index (χ3n) is 2.88. The lowest BCUT2D eigenvalue weighted by Crippen LogP contribution is -2.29. The zero-order valence-corrected chi connectivity index (χ0v) is 11.9. The molecule has 0 aliphatic heterocycles. The summed E-state index contributed by atoms with van der Waals surface area (Å²) in [5, 5.41) is 17.7. The van der Waals surface area contributed by atoms with Gasteiger partial charge in [-0.25, -0.2) is 17.5 Å². The first kappa shape index (κ1) is 15.7. The van der Waals surface area contributed by atoms with Crippen LogP contribution >= 0.6 is 0 Å². The summed E-state index contributed by atoms with van der Waals surface area (Å²) in [6.45, 7) is 3.04. The van der Waals surface area contributed by atoms with Gasteiger partial charge in [0.2, 0.25) is 10.0 Å². The van der Waals surface area contributed by atoms with Crippen LogP contribution in [0.15, 0.2) is 4.90 Å². The summed E-state index contributed by atoms with van der Waals surface area (Å²) in [6, 6.07) is 0. The molecule has 7 nitrogen and oxygen atoms in total. The Labute approximate surface area is 111 Å². The molecule has 0 spiro atoms. The van der Waals surface area contributed by atoms with Gasteiger partial charge in [-0.15, -0.1) is 0 Å². The highest BCUT2D eigenvalue weighted by Gasteiger charge is 2.29. The third-order valence-corrected chi connectivity index (χ3v) is 5.01. The lowest BCUT2D eigenvalue weighted by molar-refractivity contribution is 0.0690. The van der Waals surface area contributed by atoms with E-state index in [0.29, 0.717) is 12.1 Å². The fraction of sp³-hybridized carbons (Fsp3) is 0.545. The van der Waals surface area contributed by atoms with Gasteiger partial charge < -0.3 is 15.2 Å². The van der Waals surface area contributed by atoms with Gasteiger partial charge in [0.15, 0.2) is 0 Å². The largest absolute Gasteiger partial charge is 0.477 e. The first-order valence-electron chi connectivity index (χ1n) is 5.73. The van der Waals surface area contributed by atoms with Crippen LogP contribution in [0.2, 0.25) is 0 Å². The molecule has 3 N–H and O–H groups in total. The molecule has 0 aliphatic rings. The summed E-state index contributed by atoms with van der Waals surface area (Å²) in [6.07, 6.45) is 0.323. The van der Waals surface area contributed by atoms with Gasteiger partial charge in [-0.2, -0.15) is 0 Å². The Bertz CT molecular complexity index is 576. The van der Waals surface area contributed by atoms with Gasteiger partial charge in [0.1, 0.15) is 10.6 Å². The number of aromatic carboxylic acids is 1. The van der Waals surface area contributed by atoms with Crippen molar-refractivity contribution in [1.29, 1.82) is 0 Å². The number of rotatable bonds is 6. The highest BCUT2D eigenvalue weighted by molar-refractivity contribution is 7.89. The summed E-state index contributed by atoms with van der Waals surface area (Å²) in [4.78, 5) is 13.5. The molecule has 0 fully saturated rings. The maximum absolute atomic E-state index is 12.3. The normalized spacial score (nSPS) is 12.1. The predicted octanol–water partition coefficient (Wildman–Crippen LogP) is 0.333. The van der Waals surface area contributed by atoms with Crippen LogP contribution in [0.5, 0.6) is 0 Å². The molecule has 0 unspecified atom stereocenters. The van der Waals surface area contributed by atoms with E-state index in [4.69, 9.17) is 10.2 Å². The number of sulfonamides is 1. The van der Waals surface area contributed by atoms with Gasteiger partial charge in [-0.1, -0.05) is 0 Å². The number of aliphatic hydroxyl groups is 1. The quantitative estimate of drug-likeness (QED) is 0.699. The molecule has 0 saturated carbocycles. The van der Waals surface area contributed by atoms with E-state index in [-0.39, 0.29) is 29.3 Å². The molecule has 1 rings (SSSR count). The molecule has 1 aromatic rings. The van der Waals surface area contributed by atoms with Crippen molar-refractivity contribution in [3.8, 4) is 0 Å². The van der Waals surface area contributed by atoms with Gasteiger partial charge in [-0.3, -0.25) is 0 Å². The lowest BCUT2D eigenvalue weighted by Gasteiger charge is -2.17. The van der Waals surface area contributed by atoms with E-state index >= 15 is 0 Å². The molecule has 0 saturated heterocycles. The SMILES string of the molecule is Cc1[nH]c(C(=O)O)c(C)c1S(=O)(=O)N(C)CCCO. The second-order valence-electron chi connectivity index (χ2n) is 4.29. The van der Waals surface area contributed by atoms with Gasteiger partial charge in [-0.05, 0) is 20.3 Å². The number of carboxylic acids is 1. The number of aromatic nitrogens is 1. The average molecular weight is 290 g/mol. The fourth-order valence-electron chi connectivity index (χ4n) is 1.90. The van der Waals surface area contributed by atoms with Crippen LogP contribution in [0.1, 0.15) is 28.2 Å². The Balaban J connectivity index is 3.26. The molecule has 0 aromatic carbocycles. The fourth-order valence-corrected chi connectivity index (χ4v) is 3.51. The van der Waals surface area contributed by atoms with Crippen molar-refractivity contribution in [2.24, 2.45) is 0 Å². The van der Waals surface area contributed by atoms with Gasteiger partial charge >= 0.3 is 5.97 Å². The Hall–Kier alpha value is -1.38. The third kappa shape index (κ3) is 2.96. The Morgan fingerprint density at radius 2 is 1.95 bits per heavy atom. The number of H-pyrrole nitrogens is 1. The molecule has 108 valence electrons. The average Bonchev–Trinajstić information content (AvgIpc) is 2.62. The van der Waals surface area contributed by atoms with Crippen LogP contribution in [0.4, 0.5) is 0 Å². The number of carbonyl (C=O) groups is 1. The molecule has 19 heavy (non-hydrogen) atoms. The number of nitrogens with zero attached hydrogens (tertiary/aromatic N) is 1. The number of nitrogens with one attached hydrogen (secondary N) is 1. The summed E-state index contributed by atoms with van der Waals surface area (Å²) in [5.41, 5.74) is 0.373. The van der Waals surface area contributed by atoms with Crippen LogP contribution in [0.3, 0.4) is 0 Å². The molecule has 0 radical (unpaired) electrons. The summed E-state index contributed by atoms with van der Waals surface area (Å²) >= 11 is 0. The first-order chi connectivity index (χ1) is 8.73. The zero-order valence-electron chi connectivity index (χ0n) is 11.1. The molecule has 1 aromatic heterocycles. The number of carboxylic acid groups (broad SMARTS) is 1. The number of hydrogen-bond donors (Lipinski definition) is 3. The Morgan fingerprint density at radius 1 is 1.37 bits per heavy atom. The van der Waals surface area contributed by atoms with Crippen LogP contribution in [0.25, 0.3) is 0 Å². The smallest absolute Gasteiger partial charge is 0.352 e. The molecule has 0 atom stereocenters. The number of aliphatic hydroxyl groups excluding tert-OH is 1. The second kappa shape index (κ2) is 5.72. The van der Waals surface area contributed by atoms with Gasteiger partial charge in [0.05, 0.1) is 0 Å². The van der Waals surface area contributed by atoms with Crippen molar-refractivity contribution in [3.63, 3.8) is 0 Å². The van der Waals surface area contributed by atoms with Crippen LogP contribution < -0.4 is 0 Å². The molecule has 0 aliphatic carbocycles. The van der Waals surface area contributed by atoms with Crippen molar-refractivity contribution >= 4 is 16.0 Å². The molecular formula is C11H18N2O5S. The maximum Gasteiger partial charge on any atom is 0.352 e. The Morgan fingerprint density at radius 3 is 2.37 bits per heavy atom. The van der Waals surface area contributed by atoms with Crippen molar-refractivity contribution in [2.75, 3.05) is 20.2 Å². The van der Waals surface area contributed by atoms with Crippen LogP contribution in [-0.2, 0) is 10.0 Å². The van der Waals surface area contributed by atoms with E-state index in [9.17, 15) is 13.2 Å². The monoisotopic (exact) mass is 290 g/mol. The summed E-state index contributed by atoms with van der Waals surface area (Å²) in [5.74, 6) is -1.19. The van der Waals surface area contributed by atoms with Crippen molar-refractivity contribution < 1.29 is 23.4 Å². The van der Waals surface area contributed by atoms with Crippen molar-refractivity contribution in [3.05, 3.63) is 17.0 Å². The van der Waals surface area contributed by atoms with Gasteiger partial charge in [0, 0.05) is 31.5 Å². The number of aryl methyl sites for hydroxylation is 1. The zero-order chi connectivity index (χ0) is 14.8. The van der Waals surface area contributed by atoms with E-state index in [0.717, 1.165) is 4.31 Å². The predicted molar refractivity (Wildman–Crippen MR) is 68.7 cm³/mol. The minimum Gasteiger partial charge on any atom is -0.477 e. The molecular weight excluding hydrogens is 272 g/mol. The standard InChI is InChI=1S/C11H18N2O5S/c1-7-9(11(15)16)12-8(2)10(7)19(17,18)13(3)5-4-6-14/h12,14H,4-6H2,1-3H3,(H,15,16). The minimum absolute atomic E-state index is 0.00894. The molecule has 0 bridgehead atoms. The van der Waals surface area contributed by atoms with Gasteiger partial charge in [0.25, 0.3) is 0 Å². The minimum atomic E-state index is -3.76. The maximum atomic E-state index is 12.3. The van der Waals surface area contributed by atoms with Crippen molar-refractivity contribution in [2.45, 2.75) is 25.2 Å². The number of hydrogen-bond acceptors (Lipinski definition) is 4. The lowest BCUT2D eigenvalue weighted by atomic mass is 10.2. The van der Waals surface area contributed by atoms with Crippen LogP contribution in [0, 0.1) is 13.8 Å². The van der Waals surface area contributed by atoms with Crippen LogP contribution in [-0.4, -0.2) is 54.1 Å². The summed E-state index contributed by atoms with van der Waals surface area (Å²) < 4.78 is 25.8. The molecule has 1 heterocycles. The topological polar surface area (TPSA) is 111 Å². The van der Waals surface area contributed by atoms with Crippen molar-refractivity contribution in [1.82, 2.24) is 9.29 Å². The Kier molecular flexibility index (Phi) is 4.72. The first-order valence-corrected chi connectivity index (χ1v) is 7.17. The molecule has 8 heteroatoms. The van der Waals surface area contributed by atoms with E-state index in [1.807, 2.05) is 0 Å². The molecule has 0 amide bonds. The number of aromatic amines is 1. The highest BCUT2D eigenvalue weighted by atomic mass is 32.2. The van der Waals surface area contributed by atoms with E-state index < -0.39 is 16.0 Å². The van der Waals surface area contributed by atoms with E-state index in [1.165, 1.54) is 20.9 Å².